The molecule has 2 saturated heterocycles. The van der Waals surface area contributed by atoms with Crippen LogP contribution in [0.4, 0.5) is 9.59 Å². The van der Waals surface area contributed by atoms with E-state index in [1.807, 2.05) is 0 Å². The van der Waals surface area contributed by atoms with Gasteiger partial charge in [-0.15, -0.1) is 0 Å². The molecule has 76 valence electrons. The minimum atomic E-state index is -1.81. The first-order valence-corrected chi connectivity index (χ1v) is 2.99. The molecule has 0 aliphatic carbocycles. The average Bonchev–Trinajstić information content (AvgIpc) is 1.96. The van der Waals surface area contributed by atoms with Crippen LogP contribution < -0.4 is 5.82 Å². The fourth-order valence-electron chi connectivity index (χ4n) is 0.569. The lowest BCUT2D eigenvalue weighted by molar-refractivity contribution is -0.536. The van der Waals surface area contributed by atoms with Crippen molar-refractivity contribution in [3.63, 3.8) is 0 Å². The molecule has 0 unspecified atom stereocenters. The minimum absolute atomic E-state index is 0.787. The number of hydrogen-bond acceptors (Lipinski definition) is 10. The highest BCUT2D eigenvalue weighted by atomic mass is 17.3. The molecule has 1 aromatic heterocycles. The van der Waals surface area contributed by atoms with E-state index in [1.54, 1.807) is 0 Å². The van der Waals surface area contributed by atoms with Crippen molar-refractivity contribution in [2.45, 2.75) is 6.16 Å². The zero-order chi connectivity index (χ0) is 10.2. The predicted octanol–water partition coefficient (Wildman–Crippen LogP) is -0.243. The molecule has 1 aromatic rings. The smallest absolute Gasteiger partial charge is 0.319 e. The Morgan fingerprint density at radius 2 is 1.14 bits per heavy atom. The zero-order valence-corrected chi connectivity index (χ0v) is 6.08. The molecule has 2 aliphatic heterocycles. The van der Waals surface area contributed by atoms with Gasteiger partial charge in [0.2, 0.25) is 0 Å². The van der Waals surface area contributed by atoms with Gasteiger partial charge in [0, 0.05) is 0 Å². The first-order valence-electron chi connectivity index (χ1n) is 2.99. The summed E-state index contributed by atoms with van der Waals surface area (Å²) in [6, 6.07) is 0. The maximum atomic E-state index is 9.90. The van der Waals surface area contributed by atoms with Gasteiger partial charge in [-0.05, 0) is 0 Å². The largest absolute Gasteiger partial charge is 0.629 e. The zero-order valence-electron chi connectivity index (χ0n) is 6.08. The van der Waals surface area contributed by atoms with Gasteiger partial charge in [0.05, 0.1) is 0 Å². The maximum Gasteiger partial charge on any atom is 0.629 e. The van der Waals surface area contributed by atoms with Gasteiger partial charge < -0.3 is 18.9 Å². The second kappa shape index (κ2) is 2.55. The molecule has 2 fully saturated rings. The van der Waals surface area contributed by atoms with Crippen molar-refractivity contribution in [2.75, 3.05) is 0 Å². The molecule has 3 rings (SSSR count). The van der Waals surface area contributed by atoms with Crippen molar-refractivity contribution < 1.29 is 42.4 Å². The van der Waals surface area contributed by atoms with E-state index in [2.05, 4.69) is 32.8 Å². The van der Waals surface area contributed by atoms with Crippen LogP contribution in [-0.4, -0.2) is 18.5 Å². The van der Waals surface area contributed by atoms with Crippen molar-refractivity contribution in [1.29, 1.82) is 0 Å². The quantitative estimate of drug-likeness (QED) is 0.415. The first-order chi connectivity index (χ1) is 6.60. The summed E-state index contributed by atoms with van der Waals surface area (Å²) in [5.74, 6) is -0.787. The third-order valence-corrected chi connectivity index (χ3v) is 1.04. The Morgan fingerprint density at radius 1 is 0.786 bits per heavy atom. The van der Waals surface area contributed by atoms with E-state index in [0.29, 0.717) is 0 Å². The van der Waals surface area contributed by atoms with E-state index in [0.717, 1.165) is 0 Å². The lowest BCUT2D eigenvalue weighted by atomic mass is 10.8. The molecule has 14 heavy (non-hydrogen) atoms. The molecule has 0 atom stereocenters. The molecule has 0 bridgehead atoms. The Kier molecular flexibility index (Phi) is 1.50. The van der Waals surface area contributed by atoms with Gasteiger partial charge in [0.1, 0.15) is 0 Å². The summed E-state index contributed by atoms with van der Waals surface area (Å²) in [5, 5.41) is 0. The third-order valence-electron chi connectivity index (χ3n) is 1.04. The van der Waals surface area contributed by atoms with Crippen molar-refractivity contribution in [1.82, 2.24) is 0 Å². The summed E-state index contributed by atoms with van der Waals surface area (Å²) in [6.45, 7) is 0. The SMILES string of the molecule is O=C1OC2(O1)OC(=O)O2.O=c1ooo1. The van der Waals surface area contributed by atoms with Crippen LogP contribution in [0, 0.1) is 0 Å². The standard InChI is InChI=1S/C3O6.CO4/c4-1-6-3(7-1)8-2(5)9-3;2-1-3-5-4-1. The van der Waals surface area contributed by atoms with E-state index in [-0.39, 0.29) is 0 Å². The van der Waals surface area contributed by atoms with Gasteiger partial charge in [-0.3, -0.25) is 0 Å². The first kappa shape index (κ1) is 8.22. The summed E-state index contributed by atoms with van der Waals surface area (Å²) in [5.41, 5.74) is 0. The molecule has 1 spiro atoms. The summed E-state index contributed by atoms with van der Waals surface area (Å²) >= 11 is 0. The predicted molar refractivity (Wildman–Crippen MR) is 27.4 cm³/mol. The Balaban J connectivity index is 0.000000128. The number of rotatable bonds is 0. The Morgan fingerprint density at radius 3 is 1.29 bits per heavy atom. The highest BCUT2D eigenvalue weighted by Gasteiger charge is 2.67. The van der Waals surface area contributed by atoms with E-state index >= 15 is 0 Å². The molecule has 0 amide bonds. The van der Waals surface area contributed by atoms with E-state index in [1.165, 1.54) is 0 Å². The molecule has 10 nitrogen and oxygen atoms in total. The van der Waals surface area contributed by atoms with Crippen LogP contribution in [0.5, 0.6) is 0 Å². The topological polar surface area (TPSA) is 128 Å². The van der Waals surface area contributed by atoms with Gasteiger partial charge in [-0.25, -0.2) is 9.59 Å². The van der Waals surface area contributed by atoms with Gasteiger partial charge in [0.25, 0.3) is 0 Å². The van der Waals surface area contributed by atoms with Gasteiger partial charge in [-0.2, -0.15) is 13.9 Å². The fraction of sp³-hybridized carbons (Fsp3) is 0.250. The average molecular weight is 208 g/mol. The van der Waals surface area contributed by atoms with Gasteiger partial charge >= 0.3 is 24.3 Å². The Bertz CT molecular complexity index is 350. The van der Waals surface area contributed by atoms with Crippen molar-refractivity contribution in [3.8, 4) is 0 Å². The van der Waals surface area contributed by atoms with Gasteiger partial charge in [-0.1, -0.05) is 4.74 Å². The normalized spacial score (nSPS) is 20.0. The molecule has 0 radical (unpaired) electrons. The monoisotopic (exact) mass is 208 g/mol. The molecule has 0 saturated carbocycles. The Hall–Kier alpha value is -2.39. The molecule has 0 aromatic carbocycles. The van der Waals surface area contributed by atoms with Crippen LogP contribution >= 0.6 is 0 Å². The number of carbonyl (C=O) groups is 2. The second-order valence-electron chi connectivity index (χ2n) is 1.89. The minimum Gasteiger partial charge on any atom is -0.319 e. The summed E-state index contributed by atoms with van der Waals surface area (Å²) in [6.07, 6.45) is -3.64. The third kappa shape index (κ3) is 1.28. The summed E-state index contributed by atoms with van der Waals surface area (Å²) in [4.78, 5) is 29.1. The maximum absolute atomic E-state index is 9.90. The highest BCUT2D eigenvalue weighted by molar-refractivity contribution is 5.71. The highest BCUT2D eigenvalue weighted by Crippen LogP contribution is 2.35. The second-order valence-corrected chi connectivity index (χ2v) is 1.89. The van der Waals surface area contributed by atoms with E-state index in [9.17, 15) is 14.4 Å². The number of carbonyl (C=O) groups excluding carboxylic acids is 2. The van der Waals surface area contributed by atoms with E-state index < -0.39 is 24.3 Å². The van der Waals surface area contributed by atoms with Crippen LogP contribution in [0.25, 0.3) is 0 Å². The van der Waals surface area contributed by atoms with Crippen molar-refractivity contribution in [2.24, 2.45) is 0 Å². The molecule has 2 aliphatic rings. The molecule has 10 heteroatoms. The number of hydrogen-bond donors (Lipinski definition) is 0. The van der Waals surface area contributed by atoms with Crippen LogP contribution in [0.1, 0.15) is 0 Å². The molecular formula is C4O10. The van der Waals surface area contributed by atoms with Gasteiger partial charge in [0.15, 0.2) is 0 Å². The molecular weight excluding hydrogens is 208 g/mol. The van der Waals surface area contributed by atoms with Crippen LogP contribution in [0.2, 0.25) is 0 Å². The lowest BCUT2D eigenvalue weighted by Gasteiger charge is -2.39. The van der Waals surface area contributed by atoms with Crippen molar-refractivity contribution >= 4 is 12.3 Å². The molecule has 3 heterocycles. The van der Waals surface area contributed by atoms with Crippen LogP contribution in [-0.2, 0) is 18.9 Å². The van der Waals surface area contributed by atoms with Crippen LogP contribution in [0.3, 0.4) is 0 Å². The lowest BCUT2D eigenvalue weighted by Crippen LogP contribution is -2.63. The summed E-state index contributed by atoms with van der Waals surface area (Å²) < 4.78 is 27.0. The summed E-state index contributed by atoms with van der Waals surface area (Å²) in [7, 11) is 0. The molecule has 0 N–H and O–H groups in total. The van der Waals surface area contributed by atoms with Crippen molar-refractivity contribution in [3.05, 3.63) is 10.6 Å². The fourth-order valence-corrected chi connectivity index (χ4v) is 0.569. The van der Waals surface area contributed by atoms with Crippen LogP contribution in [0.15, 0.2) is 18.7 Å². The Labute approximate surface area is 72.7 Å². The number of ether oxygens (including phenoxy) is 4. The van der Waals surface area contributed by atoms with E-state index in [4.69, 9.17) is 0 Å².